The number of aromatic nitrogens is 4. The molecule has 5 nitrogen and oxygen atoms in total. The zero-order valence-corrected chi connectivity index (χ0v) is 10.7. The summed E-state index contributed by atoms with van der Waals surface area (Å²) in [4.78, 5) is 23.2. The van der Waals surface area contributed by atoms with Gasteiger partial charge in [-0.1, -0.05) is 42.5 Å². The maximum atomic E-state index is 12.2. The van der Waals surface area contributed by atoms with E-state index < -0.39 is 0 Å². The van der Waals surface area contributed by atoms with E-state index in [2.05, 4.69) is 15.0 Å². The summed E-state index contributed by atoms with van der Waals surface area (Å²) >= 11 is 5.16. The molecule has 1 N–H and O–H groups in total. The molecule has 1 aromatic carbocycles. The van der Waals surface area contributed by atoms with Gasteiger partial charge in [-0.3, -0.25) is 4.79 Å². The molecule has 0 atom stereocenters. The predicted octanol–water partition coefficient (Wildman–Crippen LogP) is 2.37. The fourth-order valence-corrected chi connectivity index (χ4v) is 2.18. The SMILES string of the molecule is O=C(Cn1cnc2[nH]cnc(=S)c21)c1ccccc1. The van der Waals surface area contributed by atoms with Crippen LogP contribution in [-0.4, -0.2) is 25.3 Å². The normalized spacial score (nSPS) is 10.7. The molecule has 6 heteroatoms. The van der Waals surface area contributed by atoms with E-state index in [4.69, 9.17) is 12.2 Å². The highest BCUT2D eigenvalue weighted by Gasteiger charge is 2.10. The van der Waals surface area contributed by atoms with Gasteiger partial charge in [-0.25, -0.2) is 9.97 Å². The Hall–Kier alpha value is -2.34. The summed E-state index contributed by atoms with van der Waals surface area (Å²) in [7, 11) is 0. The number of ketones is 1. The smallest absolute Gasteiger partial charge is 0.182 e. The third kappa shape index (κ3) is 2.17. The molecule has 3 aromatic rings. The monoisotopic (exact) mass is 270 g/mol. The maximum absolute atomic E-state index is 12.2. The van der Waals surface area contributed by atoms with Crippen molar-refractivity contribution in [2.75, 3.05) is 0 Å². The summed E-state index contributed by atoms with van der Waals surface area (Å²) in [6.45, 7) is 0.198. The van der Waals surface area contributed by atoms with Gasteiger partial charge in [-0.2, -0.15) is 0 Å². The van der Waals surface area contributed by atoms with E-state index in [1.807, 2.05) is 18.2 Å². The van der Waals surface area contributed by atoms with Gasteiger partial charge < -0.3 is 9.55 Å². The Kier molecular flexibility index (Phi) is 2.92. The van der Waals surface area contributed by atoms with E-state index >= 15 is 0 Å². The van der Waals surface area contributed by atoms with Crippen LogP contribution in [0.2, 0.25) is 0 Å². The minimum absolute atomic E-state index is 0.0122. The number of hydrogen-bond acceptors (Lipinski definition) is 4. The fraction of sp³-hybridized carbons (Fsp3) is 0.0769. The van der Waals surface area contributed by atoms with Crippen LogP contribution in [0, 0.1) is 4.64 Å². The molecule has 2 aromatic heterocycles. The molecular weight excluding hydrogens is 260 g/mol. The molecule has 94 valence electrons. The molecular formula is C13H10N4OS. The molecule has 19 heavy (non-hydrogen) atoms. The number of fused-ring (bicyclic) bond motifs is 1. The largest absolute Gasteiger partial charge is 0.329 e. The molecule has 0 bridgehead atoms. The number of Topliss-reactive ketones (excluding diaryl/α,β-unsaturated/α-hetero) is 1. The van der Waals surface area contributed by atoms with Crippen molar-refractivity contribution in [2.45, 2.75) is 6.54 Å². The summed E-state index contributed by atoms with van der Waals surface area (Å²) in [5.74, 6) is 0.0122. The van der Waals surface area contributed by atoms with Crippen molar-refractivity contribution >= 4 is 29.2 Å². The second-order valence-corrected chi connectivity index (χ2v) is 4.45. The van der Waals surface area contributed by atoms with Gasteiger partial charge in [0.05, 0.1) is 19.2 Å². The first-order chi connectivity index (χ1) is 9.25. The average Bonchev–Trinajstić information content (AvgIpc) is 2.84. The van der Waals surface area contributed by atoms with Crippen LogP contribution in [0.5, 0.6) is 0 Å². The van der Waals surface area contributed by atoms with Crippen LogP contribution in [0.4, 0.5) is 0 Å². The maximum Gasteiger partial charge on any atom is 0.182 e. The summed E-state index contributed by atoms with van der Waals surface area (Å²) in [6.07, 6.45) is 3.10. The second-order valence-electron chi connectivity index (χ2n) is 4.07. The molecule has 0 aliphatic rings. The van der Waals surface area contributed by atoms with Gasteiger partial charge in [0.2, 0.25) is 0 Å². The van der Waals surface area contributed by atoms with Crippen LogP contribution >= 0.6 is 12.2 Å². The van der Waals surface area contributed by atoms with E-state index in [-0.39, 0.29) is 12.3 Å². The van der Waals surface area contributed by atoms with Crippen LogP contribution in [0.25, 0.3) is 11.2 Å². The number of aromatic amines is 1. The van der Waals surface area contributed by atoms with Gasteiger partial charge in [0.25, 0.3) is 0 Å². The lowest BCUT2D eigenvalue weighted by atomic mass is 10.1. The summed E-state index contributed by atoms with van der Waals surface area (Å²) in [6, 6.07) is 9.14. The van der Waals surface area contributed by atoms with Crippen molar-refractivity contribution in [1.82, 2.24) is 19.5 Å². The van der Waals surface area contributed by atoms with E-state index in [0.717, 1.165) is 0 Å². The highest BCUT2D eigenvalue weighted by Crippen LogP contribution is 2.11. The first-order valence-electron chi connectivity index (χ1n) is 5.72. The minimum atomic E-state index is 0.0122. The molecule has 0 aliphatic carbocycles. The lowest BCUT2D eigenvalue weighted by Gasteiger charge is -2.03. The quantitative estimate of drug-likeness (QED) is 0.586. The van der Waals surface area contributed by atoms with Crippen molar-refractivity contribution in [3.05, 3.63) is 53.2 Å². The number of nitrogens with zero attached hydrogens (tertiary/aromatic N) is 3. The number of H-pyrrole nitrogens is 1. The van der Waals surface area contributed by atoms with Crippen LogP contribution in [-0.2, 0) is 6.54 Å². The molecule has 3 rings (SSSR count). The first kappa shape index (κ1) is 11.7. The molecule has 2 heterocycles. The van der Waals surface area contributed by atoms with Crippen LogP contribution in [0.3, 0.4) is 0 Å². The summed E-state index contributed by atoms with van der Waals surface area (Å²) in [5, 5.41) is 0. The Morgan fingerprint density at radius 1 is 1.26 bits per heavy atom. The van der Waals surface area contributed by atoms with Gasteiger partial charge in [-0.05, 0) is 0 Å². The topological polar surface area (TPSA) is 63.6 Å². The predicted molar refractivity (Wildman–Crippen MR) is 73.5 cm³/mol. The Bertz CT molecular complexity index is 791. The first-order valence-corrected chi connectivity index (χ1v) is 6.13. The van der Waals surface area contributed by atoms with Crippen molar-refractivity contribution in [3.63, 3.8) is 0 Å². The van der Waals surface area contributed by atoms with Crippen molar-refractivity contribution in [1.29, 1.82) is 0 Å². The minimum Gasteiger partial charge on any atom is -0.329 e. The van der Waals surface area contributed by atoms with Crippen molar-refractivity contribution in [2.24, 2.45) is 0 Å². The number of carbonyl (C=O) groups excluding carboxylic acids is 1. The highest BCUT2D eigenvalue weighted by molar-refractivity contribution is 7.71. The summed E-state index contributed by atoms with van der Waals surface area (Å²) in [5.41, 5.74) is 1.99. The Morgan fingerprint density at radius 2 is 2.05 bits per heavy atom. The molecule has 0 saturated heterocycles. The Morgan fingerprint density at radius 3 is 2.84 bits per heavy atom. The van der Waals surface area contributed by atoms with Gasteiger partial charge in [0.15, 0.2) is 16.1 Å². The van der Waals surface area contributed by atoms with Crippen LogP contribution in [0.15, 0.2) is 43.0 Å². The molecule has 0 fully saturated rings. The van der Waals surface area contributed by atoms with E-state index in [1.165, 1.54) is 6.33 Å². The molecule has 0 saturated carbocycles. The number of nitrogens with one attached hydrogen (secondary N) is 1. The zero-order chi connectivity index (χ0) is 13.2. The number of benzene rings is 1. The highest BCUT2D eigenvalue weighted by atomic mass is 32.1. The van der Waals surface area contributed by atoms with Crippen LogP contribution < -0.4 is 0 Å². The standard InChI is InChI=1S/C13H10N4OS/c18-10(9-4-2-1-3-5-9)6-17-8-16-12-11(17)13(19)15-7-14-12/h1-5,7-8H,6H2,(H,14,15,19). The average molecular weight is 270 g/mol. The Labute approximate surface area is 113 Å². The van der Waals surface area contributed by atoms with Crippen LogP contribution in [0.1, 0.15) is 10.4 Å². The van der Waals surface area contributed by atoms with Gasteiger partial charge in [-0.15, -0.1) is 0 Å². The van der Waals surface area contributed by atoms with Gasteiger partial charge in [0, 0.05) is 5.56 Å². The zero-order valence-electron chi connectivity index (χ0n) is 9.91. The lowest BCUT2D eigenvalue weighted by Crippen LogP contribution is -2.09. The third-order valence-corrected chi connectivity index (χ3v) is 3.13. The second kappa shape index (κ2) is 4.74. The molecule has 0 radical (unpaired) electrons. The molecule has 0 amide bonds. The molecule has 0 spiro atoms. The molecule has 0 unspecified atom stereocenters. The van der Waals surface area contributed by atoms with E-state index in [0.29, 0.717) is 21.4 Å². The third-order valence-electron chi connectivity index (χ3n) is 2.83. The lowest BCUT2D eigenvalue weighted by molar-refractivity contribution is 0.0973. The van der Waals surface area contributed by atoms with Crippen molar-refractivity contribution < 1.29 is 4.79 Å². The number of imidazole rings is 1. The number of carbonyl (C=O) groups is 1. The summed E-state index contributed by atoms with van der Waals surface area (Å²) < 4.78 is 2.16. The Balaban J connectivity index is 1.99. The number of rotatable bonds is 3. The fourth-order valence-electron chi connectivity index (χ4n) is 1.92. The van der Waals surface area contributed by atoms with E-state index in [1.54, 1.807) is 23.0 Å². The van der Waals surface area contributed by atoms with Gasteiger partial charge >= 0.3 is 0 Å². The van der Waals surface area contributed by atoms with Crippen molar-refractivity contribution in [3.8, 4) is 0 Å². The van der Waals surface area contributed by atoms with E-state index in [9.17, 15) is 4.79 Å². The molecule has 0 aliphatic heterocycles. The van der Waals surface area contributed by atoms with Gasteiger partial charge in [0.1, 0.15) is 5.52 Å². The number of hydrogen-bond donors (Lipinski definition) is 1.